The third kappa shape index (κ3) is 2.34. The maximum Gasteiger partial charge on any atom is 0.380 e. The highest BCUT2D eigenvalue weighted by molar-refractivity contribution is 7.87. The van der Waals surface area contributed by atoms with Gasteiger partial charge in [-0.15, -0.1) is 3.97 Å². The molecule has 0 radical (unpaired) electrons. The Balaban J connectivity index is 1.92. The van der Waals surface area contributed by atoms with Crippen molar-refractivity contribution >= 4 is 21.8 Å². The lowest BCUT2D eigenvalue weighted by Crippen LogP contribution is -2.39. The van der Waals surface area contributed by atoms with Crippen LogP contribution >= 0.6 is 11.6 Å². The average molecular weight is 313 g/mol. The Morgan fingerprint density at radius 2 is 2.10 bits per heavy atom. The van der Waals surface area contributed by atoms with Crippen LogP contribution in [0.2, 0.25) is 5.02 Å². The normalized spacial score (nSPS) is 16.1. The van der Waals surface area contributed by atoms with Crippen LogP contribution < -0.4 is 4.57 Å². The highest BCUT2D eigenvalue weighted by Crippen LogP contribution is 2.24. The number of halogens is 1. The molecule has 1 aliphatic rings. The number of hydrogen-bond donors (Lipinski definition) is 0. The topological polar surface area (TPSA) is 46.2 Å². The van der Waals surface area contributed by atoms with Gasteiger partial charge in [-0.2, -0.15) is 12.7 Å². The summed E-state index contributed by atoms with van der Waals surface area (Å²) in [5, 5.41) is 0.692. The zero-order chi connectivity index (χ0) is 14.3. The molecule has 0 saturated carbocycles. The van der Waals surface area contributed by atoms with Gasteiger partial charge in [-0.05, 0) is 29.7 Å². The van der Waals surface area contributed by atoms with E-state index < -0.39 is 10.2 Å². The van der Waals surface area contributed by atoms with Crippen LogP contribution in [0.25, 0.3) is 0 Å². The summed E-state index contributed by atoms with van der Waals surface area (Å²) in [5.41, 5.74) is 2.14. The van der Waals surface area contributed by atoms with Crippen LogP contribution in [0.3, 0.4) is 0 Å². The van der Waals surface area contributed by atoms with Gasteiger partial charge >= 0.3 is 10.2 Å². The van der Waals surface area contributed by atoms with E-state index in [4.69, 9.17) is 11.6 Å². The Morgan fingerprint density at radius 3 is 2.80 bits per heavy atom. The summed E-state index contributed by atoms with van der Waals surface area (Å²) in [6.07, 6.45) is 5.48. The molecule has 0 bridgehead atoms. The summed E-state index contributed by atoms with van der Waals surface area (Å²) < 4.78 is 29.5. The first-order chi connectivity index (χ1) is 9.46. The molecule has 7 heteroatoms. The van der Waals surface area contributed by atoms with Gasteiger partial charge in [-0.25, -0.2) is 4.57 Å². The maximum absolute atomic E-state index is 12.5. The maximum atomic E-state index is 12.5. The number of fused-ring (bicyclic) bond motifs is 1. The van der Waals surface area contributed by atoms with Crippen LogP contribution in [-0.2, 0) is 30.2 Å². The number of imidazole rings is 1. The zero-order valence-electron chi connectivity index (χ0n) is 11.0. The molecule has 1 aromatic carbocycles. The van der Waals surface area contributed by atoms with Crippen LogP contribution in [-0.4, -0.2) is 23.2 Å². The molecule has 5 nitrogen and oxygen atoms in total. The molecule has 0 unspecified atom stereocenters. The molecular weight excluding hydrogens is 298 g/mol. The lowest BCUT2D eigenvalue weighted by molar-refractivity contribution is -0.670. The van der Waals surface area contributed by atoms with Crippen molar-refractivity contribution in [3.63, 3.8) is 0 Å². The van der Waals surface area contributed by atoms with Gasteiger partial charge in [0.1, 0.15) is 12.4 Å². The lowest BCUT2D eigenvalue weighted by atomic mass is 10.0. The molecule has 1 aliphatic heterocycles. The van der Waals surface area contributed by atoms with Gasteiger partial charge in [0, 0.05) is 18.1 Å². The molecule has 0 spiro atoms. The number of nitrogens with zero attached hydrogens (tertiary/aromatic N) is 3. The van der Waals surface area contributed by atoms with Gasteiger partial charge in [-0.3, -0.25) is 0 Å². The fraction of sp³-hybridized carbons (Fsp3) is 0.308. The van der Waals surface area contributed by atoms with Gasteiger partial charge in [0.2, 0.25) is 0 Å². The SMILES string of the molecule is C[n+]1ccn(S(=O)(=O)N2CCc3cc(Cl)ccc3C2)c1. The van der Waals surface area contributed by atoms with E-state index in [1.165, 1.54) is 8.28 Å². The second kappa shape index (κ2) is 4.87. The summed E-state index contributed by atoms with van der Waals surface area (Å²) in [6, 6.07) is 5.61. The lowest BCUT2D eigenvalue weighted by Gasteiger charge is -2.26. The molecule has 1 aromatic heterocycles. The third-order valence-corrected chi connectivity index (χ3v) is 5.43. The summed E-state index contributed by atoms with van der Waals surface area (Å²) in [4.78, 5) is 0. The predicted molar refractivity (Wildman–Crippen MR) is 75.5 cm³/mol. The van der Waals surface area contributed by atoms with Gasteiger partial charge in [-0.1, -0.05) is 17.7 Å². The Labute approximate surface area is 123 Å². The zero-order valence-corrected chi connectivity index (χ0v) is 12.6. The first-order valence-corrected chi connectivity index (χ1v) is 8.05. The van der Waals surface area contributed by atoms with E-state index in [1.807, 2.05) is 12.1 Å². The van der Waals surface area contributed by atoms with Crippen LogP contribution in [0, 0.1) is 0 Å². The minimum atomic E-state index is -3.50. The third-order valence-electron chi connectivity index (χ3n) is 3.48. The van der Waals surface area contributed by atoms with E-state index >= 15 is 0 Å². The van der Waals surface area contributed by atoms with E-state index in [2.05, 4.69) is 0 Å². The summed E-state index contributed by atoms with van der Waals surface area (Å²) in [6.45, 7) is 0.855. The number of aromatic nitrogens is 2. The van der Waals surface area contributed by atoms with Crippen LogP contribution in [0.15, 0.2) is 36.9 Å². The highest BCUT2D eigenvalue weighted by atomic mass is 35.5. The van der Waals surface area contributed by atoms with Crippen molar-refractivity contribution in [2.75, 3.05) is 6.54 Å². The predicted octanol–water partition coefficient (Wildman–Crippen LogP) is 1.12. The number of aryl methyl sites for hydroxylation is 1. The Kier molecular flexibility index (Phi) is 3.32. The highest BCUT2D eigenvalue weighted by Gasteiger charge is 2.31. The molecular formula is C13H15ClN3O2S+. The van der Waals surface area contributed by atoms with Gasteiger partial charge in [0.05, 0.1) is 7.05 Å². The second-order valence-electron chi connectivity index (χ2n) is 4.91. The van der Waals surface area contributed by atoms with E-state index in [9.17, 15) is 8.42 Å². The van der Waals surface area contributed by atoms with Crippen molar-refractivity contribution in [1.29, 1.82) is 0 Å². The van der Waals surface area contributed by atoms with E-state index in [1.54, 1.807) is 36.4 Å². The standard InChI is InChI=1S/C13H15ClN3O2S/c1-15-6-7-17(10-15)20(18,19)16-5-4-11-8-13(14)3-2-12(11)9-16/h2-3,6-8,10H,4-5,9H2,1H3/q+1. The molecule has 0 amide bonds. The van der Waals surface area contributed by atoms with Crippen molar-refractivity contribution in [3.8, 4) is 0 Å². The molecule has 0 N–H and O–H groups in total. The smallest absolute Gasteiger partial charge is 0.238 e. The molecule has 2 aromatic rings. The van der Waals surface area contributed by atoms with Crippen LogP contribution in [0.4, 0.5) is 0 Å². The van der Waals surface area contributed by atoms with Gasteiger partial charge in [0.15, 0.2) is 0 Å². The van der Waals surface area contributed by atoms with E-state index in [-0.39, 0.29) is 0 Å². The van der Waals surface area contributed by atoms with Crippen molar-refractivity contribution < 1.29 is 13.0 Å². The molecule has 0 saturated heterocycles. The number of hydrogen-bond acceptors (Lipinski definition) is 2. The van der Waals surface area contributed by atoms with Gasteiger partial charge in [0.25, 0.3) is 6.33 Å². The monoisotopic (exact) mass is 312 g/mol. The molecule has 2 heterocycles. The largest absolute Gasteiger partial charge is 0.380 e. The molecule has 20 heavy (non-hydrogen) atoms. The van der Waals surface area contributed by atoms with Gasteiger partial charge < -0.3 is 0 Å². The van der Waals surface area contributed by atoms with Crippen molar-refractivity contribution in [1.82, 2.24) is 8.28 Å². The van der Waals surface area contributed by atoms with Crippen LogP contribution in [0.1, 0.15) is 11.1 Å². The van der Waals surface area contributed by atoms with Crippen molar-refractivity contribution in [2.45, 2.75) is 13.0 Å². The van der Waals surface area contributed by atoms with E-state index in [0.717, 1.165) is 11.1 Å². The summed E-state index contributed by atoms with van der Waals surface area (Å²) in [7, 11) is -1.71. The minimum absolute atomic E-state index is 0.386. The average Bonchev–Trinajstić information content (AvgIpc) is 2.85. The Morgan fingerprint density at radius 1 is 1.30 bits per heavy atom. The molecule has 0 aliphatic carbocycles. The number of benzene rings is 1. The number of rotatable bonds is 2. The van der Waals surface area contributed by atoms with Crippen molar-refractivity contribution in [3.05, 3.63) is 53.1 Å². The van der Waals surface area contributed by atoms with Crippen LogP contribution in [0.5, 0.6) is 0 Å². The quantitative estimate of drug-likeness (QED) is 0.780. The Hall–Kier alpha value is -1.37. The van der Waals surface area contributed by atoms with Crippen molar-refractivity contribution in [2.24, 2.45) is 7.05 Å². The molecule has 0 atom stereocenters. The molecule has 0 fully saturated rings. The minimum Gasteiger partial charge on any atom is -0.238 e. The summed E-state index contributed by atoms with van der Waals surface area (Å²) >= 11 is 5.96. The molecule has 3 rings (SSSR count). The fourth-order valence-electron chi connectivity index (χ4n) is 2.39. The fourth-order valence-corrected chi connectivity index (χ4v) is 3.95. The summed E-state index contributed by atoms with van der Waals surface area (Å²) in [5.74, 6) is 0. The Bertz CT molecular complexity index is 755. The van der Waals surface area contributed by atoms with E-state index in [0.29, 0.717) is 24.5 Å². The molecule has 106 valence electrons. The first-order valence-electron chi connectivity index (χ1n) is 6.28. The second-order valence-corrected chi connectivity index (χ2v) is 7.18. The first kappa shape index (κ1) is 13.6.